The molecule has 1 heterocycles. The number of hydrogen-bond acceptors (Lipinski definition) is 6. The third-order valence-corrected chi connectivity index (χ3v) is 4.94. The number of aromatic nitrogens is 2. The van der Waals surface area contributed by atoms with E-state index in [1.54, 1.807) is 44.6 Å². The van der Waals surface area contributed by atoms with E-state index in [-0.39, 0.29) is 11.7 Å². The zero-order chi connectivity index (χ0) is 19.9. The van der Waals surface area contributed by atoms with E-state index in [9.17, 15) is 4.79 Å². The van der Waals surface area contributed by atoms with Crippen molar-refractivity contribution in [2.45, 2.75) is 5.03 Å². The van der Waals surface area contributed by atoms with Gasteiger partial charge in [-0.05, 0) is 24.3 Å². The first-order chi connectivity index (χ1) is 13.6. The van der Waals surface area contributed by atoms with Crippen molar-refractivity contribution in [3.05, 3.63) is 59.6 Å². The molecule has 0 bridgehead atoms. The average Bonchev–Trinajstić information content (AvgIpc) is 2.73. The lowest BCUT2D eigenvalue weighted by Gasteiger charge is -2.09. The molecule has 8 heteroatoms. The maximum Gasteiger partial charge on any atom is 0.234 e. The fourth-order valence-corrected chi connectivity index (χ4v) is 3.13. The number of rotatable bonds is 7. The predicted octanol–water partition coefficient (Wildman–Crippen LogP) is 4.55. The molecule has 0 radical (unpaired) electrons. The molecule has 0 saturated carbocycles. The monoisotopic (exact) mass is 415 g/mol. The van der Waals surface area contributed by atoms with Crippen molar-refractivity contribution >= 4 is 35.0 Å². The fourth-order valence-electron chi connectivity index (χ4n) is 2.39. The van der Waals surface area contributed by atoms with Crippen LogP contribution in [-0.2, 0) is 4.79 Å². The molecule has 28 heavy (non-hydrogen) atoms. The summed E-state index contributed by atoms with van der Waals surface area (Å²) in [5, 5.41) is 12.5. The Morgan fingerprint density at radius 3 is 2.25 bits per heavy atom. The maximum atomic E-state index is 12.2. The van der Waals surface area contributed by atoms with E-state index >= 15 is 0 Å². The van der Waals surface area contributed by atoms with Gasteiger partial charge in [0.05, 0.1) is 25.7 Å². The number of methoxy groups -OCH3 is 2. The van der Waals surface area contributed by atoms with Crippen LogP contribution < -0.4 is 14.8 Å². The quantitative estimate of drug-likeness (QED) is 0.571. The summed E-state index contributed by atoms with van der Waals surface area (Å²) in [5.74, 6) is 1.25. The number of ether oxygens (including phenoxy) is 2. The zero-order valence-electron chi connectivity index (χ0n) is 15.3. The van der Waals surface area contributed by atoms with Gasteiger partial charge in [0.2, 0.25) is 5.91 Å². The van der Waals surface area contributed by atoms with Crippen LogP contribution in [0.3, 0.4) is 0 Å². The Hall–Kier alpha value is -2.77. The molecule has 0 unspecified atom stereocenters. The summed E-state index contributed by atoms with van der Waals surface area (Å²) in [4.78, 5) is 12.2. The number of anilines is 1. The second kappa shape index (κ2) is 9.43. The molecule has 0 saturated heterocycles. The Morgan fingerprint density at radius 2 is 1.68 bits per heavy atom. The third kappa shape index (κ3) is 5.37. The smallest absolute Gasteiger partial charge is 0.234 e. The molecule has 0 aliphatic carbocycles. The molecule has 0 fully saturated rings. The number of nitrogens with one attached hydrogen (secondary N) is 1. The molecule has 0 spiro atoms. The van der Waals surface area contributed by atoms with Crippen LogP contribution in [0, 0.1) is 0 Å². The number of amides is 1. The summed E-state index contributed by atoms with van der Waals surface area (Å²) in [5.41, 5.74) is 2.28. The van der Waals surface area contributed by atoms with Gasteiger partial charge >= 0.3 is 0 Å². The Bertz CT molecular complexity index is 928. The summed E-state index contributed by atoms with van der Waals surface area (Å²) in [7, 11) is 3.12. The molecular weight excluding hydrogens is 398 g/mol. The van der Waals surface area contributed by atoms with Crippen molar-refractivity contribution in [2.75, 3.05) is 25.3 Å². The first-order valence-electron chi connectivity index (χ1n) is 8.33. The van der Waals surface area contributed by atoms with Crippen LogP contribution in [0.15, 0.2) is 59.6 Å². The van der Waals surface area contributed by atoms with E-state index in [0.29, 0.717) is 27.2 Å². The van der Waals surface area contributed by atoms with Gasteiger partial charge in [-0.1, -0.05) is 35.5 Å². The highest BCUT2D eigenvalue weighted by atomic mass is 35.5. The van der Waals surface area contributed by atoms with E-state index < -0.39 is 0 Å². The Morgan fingerprint density at radius 1 is 1.00 bits per heavy atom. The lowest BCUT2D eigenvalue weighted by molar-refractivity contribution is -0.113. The van der Waals surface area contributed by atoms with E-state index in [2.05, 4.69) is 15.5 Å². The molecule has 3 rings (SSSR count). The van der Waals surface area contributed by atoms with Crippen LogP contribution in [0.5, 0.6) is 11.5 Å². The molecule has 1 N–H and O–H groups in total. The van der Waals surface area contributed by atoms with Crippen LogP contribution in [0.4, 0.5) is 5.69 Å². The minimum Gasteiger partial charge on any atom is -0.497 e. The fraction of sp³-hybridized carbons (Fsp3) is 0.150. The molecule has 0 aliphatic heterocycles. The maximum absolute atomic E-state index is 12.2. The number of nitrogens with zero attached hydrogens (tertiary/aromatic N) is 2. The van der Waals surface area contributed by atoms with Gasteiger partial charge in [-0.2, -0.15) is 0 Å². The Labute approximate surface area is 172 Å². The molecule has 0 aliphatic rings. The highest BCUT2D eigenvalue weighted by molar-refractivity contribution is 7.99. The summed E-state index contributed by atoms with van der Waals surface area (Å²) in [6.07, 6.45) is 0. The van der Waals surface area contributed by atoms with E-state index in [4.69, 9.17) is 21.1 Å². The van der Waals surface area contributed by atoms with Gasteiger partial charge in [-0.3, -0.25) is 4.79 Å². The molecule has 144 valence electrons. The second-order valence-corrected chi connectivity index (χ2v) is 7.13. The molecule has 3 aromatic rings. The van der Waals surface area contributed by atoms with E-state index in [1.165, 1.54) is 11.8 Å². The van der Waals surface area contributed by atoms with E-state index in [1.807, 2.05) is 24.3 Å². The minimum atomic E-state index is -0.163. The van der Waals surface area contributed by atoms with Gasteiger partial charge in [-0.15, -0.1) is 10.2 Å². The van der Waals surface area contributed by atoms with Crippen LogP contribution in [0.25, 0.3) is 11.3 Å². The average molecular weight is 416 g/mol. The molecule has 1 aromatic heterocycles. The summed E-state index contributed by atoms with van der Waals surface area (Å²) in [6.45, 7) is 0. The normalized spacial score (nSPS) is 10.4. The number of thioether (sulfide) groups is 1. The Balaban J connectivity index is 1.58. The van der Waals surface area contributed by atoms with Crippen LogP contribution >= 0.6 is 23.4 Å². The van der Waals surface area contributed by atoms with Crippen molar-refractivity contribution < 1.29 is 14.3 Å². The summed E-state index contributed by atoms with van der Waals surface area (Å²) < 4.78 is 10.4. The van der Waals surface area contributed by atoms with Crippen LogP contribution in [-0.4, -0.2) is 36.1 Å². The lowest BCUT2D eigenvalue weighted by atomic mass is 10.1. The predicted molar refractivity (Wildman–Crippen MR) is 111 cm³/mol. The van der Waals surface area contributed by atoms with Crippen molar-refractivity contribution in [1.29, 1.82) is 0 Å². The van der Waals surface area contributed by atoms with Gasteiger partial charge in [0.1, 0.15) is 16.5 Å². The topological polar surface area (TPSA) is 73.3 Å². The first kappa shape index (κ1) is 20.0. The molecule has 0 atom stereocenters. The van der Waals surface area contributed by atoms with Gasteiger partial charge in [-0.25, -0.2) is 0 Å². The molecule has 2 aromatic carbocycles. The summed E-state index contributed by atoms with van der Waals surface area (Å²) >= 11 is 7.20. The van der Waals surface area contributed by atoms with Gasteiger partial charge in [0, 0.05) is 34.5 Å². The third-order valence-electron chi connectivity index (χ3n) is 3.77. The molecule has 1 amide bonds. The molecule has 6 nitrogen and oxygen atoms in total. The van der Waals surface area contributed by atoms with E-state index in [0.717, 1.165) is 11.3 Å². The highest BCUT2D eigenvalue weighted by Crippen LogP contribution is 2.26. The standard InChI is InChI=1S/C20H18ClN3O3S/c1-26-16-9-15(10-17(11-16)27-2)22-19(25)12-28-20-8-7-18(23-24-20)13-3-5-14(21)6-4-13/h3-11H,12H2,1-2H3,(H,22,25). The number of carbonyl (C=O) groups excluding carboxylic acids is 1. The zero-order valence-corrected chi connectivity index (χ0v) is 16.9. The van der Waals surface area contributed by atoms with Gasteiger partial charge in [0.15, 0.2) is 0 Å². The first-order valence-corrected chi connectivity index (χ1v) is 9.69. The van der Waals surface area contributed by atoms with Crippen molar-refractivity contribution in [1.82, 2.24) is 10.2 Å². The van der Waals surface area contributed by atoms with Crippen molar-refractivity contribution in [2.24, 2.45) is 0 Å². The summed E-state index contributed by atoms with van der Waals surface area (Å²) in [6, 6.07) is 16.3. The second-order valence-electron chi connectivity index (χ2n) is 5.70. The minimum absolute atomic E-state index is 0.163. The number of hydrogen-bond donors (Lipinski definition) is 1. The van der Waals surface area contributed by atoms with Crippen LogP contribution in [0.2, 0.25) is 5.02 Å². The van der Waals surface area contributed by atoms with Gasteiger partial charge < -0.3 is 14.8 Å². The SMILES string of the molecule is COc1cc(NC(=O)CSc2ccc(-c3ccc(Cl)cc3)nn2)cc(OC)c1. The van der Waals surface area contributed by atoms with Gasteiger partial charge in [0.25, 0.3) is 0 Å². The number of carbonyl (C=O) groups is 1. The molecular formula is C20H18ClN3O3S. The van der Waals surface area contributed by atoms with Crippen molar-refractivity contribution in [3.8, 4) is 22.8 Å². The lowest BCUT2D eigenvalue weighted by Crippen LogP contribution is -2.14. The van der Waals surface area contributed by atoms with Crippen molar-refractivity contribution in [3.63, 3.8) is 0 Å². The van der Waals surface area contributed by atoms with Crippen LogP contribution in [0.1, 0.15) is 0 Å². The Kier molecular flexibility index (Phi) is 6.73. The highest BCUT2D eigenvalue weighted by Gasteiger charge is 2.08. The number of halogens is 1. The largest absolute Gasteiger partial charge is 0.497 e. The number of benzene rings is 2.